The van der Waals surface area contributed by atoms with Crippen molar-refractivity contribution in [2.24, 2.45) is 10.9 Å². The van der Waals surface area contributed by atoms with Crippen LogP contribution in [0.1, 0.15) is 51.4 Å². The molecule has 110 valence electrons. The van der Waals surface area contributed by atoms with Crippen LogP contribution in [0.3, 0.4) is 0 Å². The summed E-state index contributed by atoms with van der Waals surface area (Å²) in [6, 6.07) is 0.616. The maximum atomic E-state index is 8.74. The minimum absolute atomic E-state index is 0.323. The lowest BCUT2D eigenvalue weighted by Gasteiger charge is -2.28. The zero-order valence-electron chi connectivity index (χ0n) is 11.8. The van der Waals surface area contributed by atoms with Gasteiger partial charge in [-0.1, -0.05) is 18.0 Å². The summed E-state index contributed by atoms with van der Waals surface area (Å²) in [4.78, 5) is 2.39. The summed E-state index contributed by atoms with van der Waals surface area (Å²) in [5.74, 6) is 0.323. The number of hydrogen-bond acceptors (Lipinski definition) is 4. The number of rotatable bonds is 7. The fourth-order valence-electron chi connectivity index (χ4n) is 3.29. The molecule has 5 heteroatoms. The van der Waals surface area contributed by atoms with Gasteiger partial charge in [0.2, 0.25) is 0 Å². The summed E-state index contributed by atoms with van der Waals surface area (Å²) >= 11 is 0. The van der Waals surface area contributed by atoms with Crippen molar-refractivity contribution in [3.05, 3.63) is 0 Å². The van der Waals surface area contributed by atoms with Crippen molar-refractivity contribution in [3.63, 3.8) is 0 Å². The Bertz CT molecular complexity index is 284. The van der Waals surface area contributed by atoms with Crippen LogP contribution in [0, 0.1) is 0 Å². The molecule has 1 unspecified atom stereocenters. The van der Waals surface area contributed by atoms with E-state index in [2.05, 4.69) is 10.1 Å². The standard InChI is InChI=1S/C14H27N3O2/c15-14(16-18)11-17(12-5-1-2-6-12)9-3-7-13-8-4-10-19-13/h12-13,18H,1-11H2,(H2,15,16). The molecule has 1 aliphatic heterocycles. The zero-order chi connectivity index (χ0) is 13.5. The van der Waals surface area contributed by atoms with Crippen LogP contribution in [-0.4, -0.2) is 47.8 Å². The molecular weight excluding hydrogens is 242 g/mol. The molecule has 1 atom stereocenters. The lowest BCUT2D eigenvalue weighted by atomic mass is 10.1. The second-order valence-corrected chi connectivity index (χ2v) is 5.78. The summed E-state index contributed by atoms with van der Waals surface area (Å²) in [5.41, 5.74) is 5.67. The van der Waals surface area contributed by atoms with Crippen molar-refractivity contribution in [2.75, 3.05) is 19.7 Å². The molecule has 0 bridgehead atoms. The molecule has 1 aliphatic carbocycles. The van der Waals surface area contributed by atoms with Crippen molar-refractivity contribution >= 4 is 5.84 Å². The van der Waals surface area contributed by atoms with Crippen LogP contribution < -0.4 is 5.73 Å². The van der Waals surface area contributed by atoms with E-state index in [4.69, 9.17) is 15.7 Å². The summed E-state index contributed by atoms with van der Waals surface area (Å²) < 4.78 is 5.66. The number of hydrogen-bond donors (Lipinski definition) is 2. The van der Waals surface area contributed by atoms with Gasteiger partial charge in [-0.2, -0.15) is 0 Å². The van der Waals surface area contributed by atoms with Crippen molar-refractivity contribution in [2.45, 2.75) is 63.5 Å². The van der Waals surface area contributed by atoms with E-state index in [1.165, 1.54) is 38.5 Å². The maximum absolute atomic E-state index is 8.74. The molecule has 2 fully saturated rings. The van der Waals surface area contributed by atoms with Crippen LogP contribution in [0.2, 0.25) is 0 Å². The Balaban J connectivity index is 1.75. The van der Waals surface area contributed by atoms with Crippen LogP contribution in [-0.2, 0) is 4.74 Å². The number of nitrogens with two attached hydrogens (primary N) is 1. The summed E-state index contributed by atoms with van der Waals surface area (Å²) in [5, 5.41) is 11.9. The highest BCUT2D eigenvalue weighted by Gasteiger charge is 2.23. The van der Waals surface area contributed by atoms with Gasteiger partial charge in [0.1, 0.15) is 0 Å². The average Bonchev–Trinajstić information content (AvgIpc) is 3.10. The maximum Gasteiger partial charge on any atom is 0.153 e. The third-order valence-electron chi connectivity index (χ3n) is 4.33. The number of amidine groups is 1. The van der Waals surface area contributed by atoms with E-state index in [1.54, 1.807) is 0 Å². The molecular formula is C14H27N3O2. The first kappa shape index (κ1) is 14.6. The van der Waals surface area contributed by atoms with E-state index in [-0.39, 0.29) is 0 Å². The second kappa shape index (κ2) is 7.70. The molecule has 5 nitrogen and oxygen atoms in total. The molecule has 1 saturated heterocycles. The number of ether oxygens (including phenoxy) is 1. The summed E-state index contributed by atoms with van der Waals surface area (Å²) in [6.45, 7) is 2.55. The normalized spacial score (nSPS) is 25.5. The lowest BCUT2D eigenvalue weighted by Crippen LogP contribution is -2.41. The molecule has 3 N–H and O–H groups in total. The fourth-order valence-corrected chi connectivity index (χ4v) is 3.29. The highest BCUT2D eigenvalue weighted by Crippen LogP contribution is 2.24. The van der Waals surface area contributed by atoms with Crippen LogP contribution in [0.25, 0.3) is 0 Å². The zero-order valence-corrected chi connectivity index (χ0v) is 11.8. The van der Waals surface area contributed by atoms with Crippen molar-refractivity contribution in [1.29, 1.82) is 0 Å². The third kappa shape index (κ3) is 4.66. The smallest absolute Gasteiger partial charge is 0.153 e. The largest absolute Gasteiger partial charge is 0.409 e. The predicted molar refractivity (Wildman–Crippen MR) is 75.4 cm³/mol. The van der Waals surface area contributed by atoms with E-state index in [0.29, 0.717) is 24.5 Å². The van der Waals surface area contributed by atoms with Gasteiger partial charge < -0.3 is 15.7 Å². The molecule has 0 aromatic carbocycles. The molecule has 0 spiro atoms. The Morgan fingerprint density at radius 1 is 1.26 bits per heavy atom. The fraction of sp³-hybridized carbons (Fsp3) is 0.929. The van der Waals surface area contributed by atoms with Crippen LogP contribution in [0.5, 0.6) is 0 Å². The SMILES string of the molecule is NC(CN(CCCC1CCCO1)C1CCCC1)=NO. The minimum atomic E-state index is 0.323. The van der Waals surface area contributed by atoms with Gasteiger partial charge in [-0.05, 0) is 45.1 Å². The van der Waals surface area contributed by atoms with Crippen molar-refractivity contribution in [3.8, 4) is 0 Å². The van der Waals surface area contributed by atoms with E-state index in [9.17, 15) is 0 Å². The Morgan fingerprint density at radius 2 is 2.05 bits per heavy atom. The Labute approximate surface area is 115 Å². The molecule has 1 heterocycles. The van der Waals surface area contributed by atoms with Gasteiger partial charge in [0.25, 0.3) is 0 Å². The summed E-state index contributed by atoms with van der Waals surface area (Å²) in [7, 11) is 0. The number of oxime groups is 1. The van der Waals surface area contributed by atoms with Gasteiger partial charge in [0.15, 0.2) is 5.84 Å². The highest BCUT2D eigenvalue weighted by atomic mass is 16.5. The quantitative estimate of drug-likeness (QED) is 0.321. The van der Waals surface area contributed by atoms with Gasteiger partial charge in [-0.25, -0.2) is 0 Å². The third-order valence-corrected chi connectivity index (χ3v) is 4.33. The van der Waals surface area contributed by atoms with Gasteiger partial charge in [0, 0.05) is 12.6 Å². The first-order valence-corrected chi connectivity index (χ1v) is 7.61. The molecule has 0 amide bonds. The molecule has 2 rings (SSSR count). The monoisotopic (exact) mass is 269 g/mol. The molecule has 0 aromatic heterocycles. The molecule has 0 aromatic rings. The highest BCUT2D eigenvalue weighted by molar-refractivity contribution is 5.81. The van der Waals surface area contributed by atoms with Crippen molar-refractivity contribution < 1.29 is 9.94 Å². The van der Waals surface area contributed by atoms with E-state index in [0.717, 1.165) is 26.0 Å². The Kier molecular flexibility index (Phi) is 5.92. The Hall–Kier alpha value is -0.810. The first-order valence-electron chi connectivity index (χ1n) is 7.61. The van der Waals surface area contributed by atoms with Crippen LogP contribution in [0.4, 0.5) is 0 Å². The van der Waals surface area contributed by atoms with Gasteiger partial charge in [-0.15, -0.1) is 0 Å². The van der Waals surface area contributed by atoms with E-state index in [1.807, 2.05) is 0 Å². The van der Waals surface area contributed by atoms with E-state index < -0.39 is 0 Å². The van der Waals surface area contributed by atoms with Gasteiger partial charge in [-0.3, -0.25) is 4.90 Å². The van der Waals surface area contributed by atoms with Gasteiger partial charge in [0.05, 0.1) is 12.6 Å². The summed E-state index contributed by atoms with van der Waals surface area (Å²) in [6.07, 6.45) is 10.3. The molecule has 1 saturated carbocycles. The topological polar surface area (TPSA) is 71.1 Å². The van der Waals surface area contributed by atoms with Crippen molar-refractivity contribution in [1.82, 2.24) is 4.90 Å². The lowest BCUT2D eigenvalue weighted by molar-refractivity contribution is 0.0971. The number of nitrogens with zero attached hydrogens (tertiary/aromatic N) is 2. The van der Waals surface area contributed by atoms with Crippen LogP contribution in [0.15, 0.2) is 5.16 Å². The predicted octanol–water partition coefficient (Wildman–Crippen LogP) is 1.94. The average molecular weight is 269 g/mol. The second-order valence-electron chi connectivity index (χ2n) is 5.78. The molecule has 2 aliphatic rings. The molecule has 19 heavy (non-hydrogen) atoms. The first-order chi connectivity index (χ1) is 9.29. The van der Waals surface area contributed by atoms with Gasteiger partial charge >= 0.3 is 0 Å². The minimum Gasteiger partial charge on any atom is -0.409 e. The Morgan fingerprint density at radius 3 is 2.68 bits per heavy atom. The van der Waals surface area contributed by atoms with E-state index >= 15 is 0 Å². The van der Waals surface area contributed by atoms with Crippen LogP contribution >= 0.6 is 0 Å². The molecule has 0 radical (unpaired) electrons.